The number of rotatable bonds is 6. The van der Waals surface area contributed by atoms with Gasteiger partial charge in [0.15, 0.2) is 0 Å². The summed E-state index contributed by atoms with van der Waals surface area (Å²) in [6, 6.07) is 2.26. The molecule has 0 aliphatic carbocycles. The lowest BCUT2D eigenvalue weighted by atomic mass is 9.91. The number of nitrogens with one attached hydrogen (secondary N) is 1. The van der Waals surface area contributed by atoms with Gasteiger partial charge in [-0.2, -0.15) is 13.2 Å². The summed E-state index contributed by atoms with van der Waals surface area (Å²) < 4.78 is 39.5. The fourth-order valence-corrected chi connectivity index (χ4v) is 3.21. The summed E-state index contributed by atoms with van der Waals surface area (Å²) in [5.74, 6) is -2.59. The van der Waals surface area contributed by atoms with E-state index in [1.165, 1.54) is 11.0 Å². The highest BCUT2D eigenvalue weighted by molar-refractivity contribution is 5.88. The van der Waals surface area contributed by atoms with Crippen LogP contribution in [0.1, 0.15) is 44.6 Å². The molecule has 158 valence electrons. The van der Waals surface area contributed by atoms with Crippen molar-refractivity contribution in [3.05, 3.63) is 51.3 Å². The molecule has 0 bridgehead atoms. The molecule has 0 aromatic heterocycles. The molecule has 29 heavy (non-hydrogen) atoms. The van der Waals surface area contributed by atoms with Gasteiger partial charge in [0.05, 0.1) is 4.92 Å². The number of hydrogen-bond acceptors (Lipinski definition) is 4. The Labute approximate surface area is 165 Å². The molecule has 0 spiro atoms. The van der Waals surface area contributed by atoms with Crippen LogP contribution < -0.4 is 5.32 Å². The van der Waals surface area contributed by atoms with Gasteiger partial charge in [-0.3, -0.25) is 19.7 Å². The van der Waals surface area contributed by atoms with E-state index in [1.54, 1.807) is 13.8 Å². The molecule has 1 aromatic rings. The van der Waals surface area contributed by atoms with Gasteiger partial charge in [0.25, 0.3) is 6.08 Å². The van der Waals surface area contributed by atoms with Crippen molar-refractivity contribution in [3.8, 4) is 0 Å². The quantitative estimate of drug-likeness (QED) is 0.571. The van der Waals surface area contributed by atoms with E-state index in [4.69, 9.17) is 0 Å². The largest absolute Gasteiger partial charge is 0.344 e. The summed E-state index contributed by atoms with van der Waals surface area (Å²) in [6.45, 7) is 3.38. The van der Waals surface area contributed by atoms with E-state index in [9.17, 15) is 32.9 Å². The number of amides is 2. The average molecular weight is 413 g/mol. The van der Waals surface area contributed by atoms with Crippen molar-refractivity contribution in [2.24, 2.45) is 0 Å². The van der Waals surface area contributed by atoms with E-state index in [1.807, 2.05) is 0 Å². The van der Waals surface area contributed by atoms with Crippen molar-refractivity contribution in [3.63, 3.8) is 0 Å². The third-order valence-electron chi connectivity index (χ3n) is 5.04. The van der Waals surface area contributed by atoms with E-state index < -0.39 is 46.3 Å². The molecule has 2 rings (SSSR count). The van der Waals surface area contributed by atoms with Crippen LogP contribution >= 0.6 is 0 Å². The van der Waals surface area contributed by atoms with Crippen LogP contribution in [0.5, 0.6) is 0 Å². The minimum Gasteiger partial charge on any atom is -0.344 e. The maximum absolute atomic E-state index is 14.0. The van der Waals surface area contributed by atoms with Gasteiger partial charge in [0.2, 0.25) is 17.6 Å². The zero-order valence-corrected chi connectivity index (χ0v) is 16.1. The van der Waals surface area contributed by atoms with Crippen LogP contribution in [0, 0.1) is 15.9 Å². The summed E-state index contributed by atoms with van der Waals surface area (Å²) in [6.07, 6.45) is -1.53. The first-order chi connectivity index (χ1) is 13.6. The molecule has 1 heterocycles. The van der Waals surface area contributed by atoms with Crippen molar-refractivity contribution >= 4 is 17.5 Å². The lowest BCUT2D eigenvalue weighted by Crippen LogP contribution is -2.52. The van der Waals surface area contributed by atoms with Crippen LogP contribution in [-0.4, -0.2) is 40.8 Å². The Hall–Kier alpha value is -2.91. The number of hydrogen-bond donors (Lipinski definition) is 1. The van der Waals surface area contributed by atoms with Gasteiger partial charge in [-0.25, -0.2) is 0 Å². The van der Waals surface area contributed by atoms with Crippen LogP contribution in [0.4, 0.5) is 18.9 Å². The van der Waals surface area contributed by atoms with Gasteiger partial charge in [0, 0.05) is 31.5 Å². The maximum Gasteiger partial charge on any atom is 0.304 e. The fraction of sp³-hybridized carbons (Fsp3) is 0.474. The second kappa shape index (κ2) is 9.53. The molecule has 0 radical (unpaired) electrons. The molecule has 1 aliphatic heterocycles. The first-order valence-electron chi connectivity index (χ1n) is 9.20. The fourth-order valence-electron chi connectivity index (χ4n) is 3.21. The first-order valence-corrected chi connectivity index (χ1v) is 9.20. The average Bonchev–Trinajstić information content (AvgIpc) is 2.70. The summed E-state index contributed by atoms with van der Waals surface area (Å²) in [4.78, 5) is 36.3. The zero-order chi connectivity index (χ0) is 21.7. The summed E-state index contributed by atoms with van der Waals surface area (Å²) in [5.41, 5.74) is -0.381. The SMILES string of the molecule is CCC(=O)N[C@@H](C(=O)N1CCC(=C(F)F)CC1)[C@@H](C)c1ccc([N+](=O)[O-])c(F)c1. The van der Waals surface area contributed by atoms with E-state index in [0.29, 0.717) is 5.56 Å². The Morgan fingerprint density at radius 1 is 1.28 bits per heavy atom. The van der Waals surface area contributed by atoms with Crippen LogP contribution in [0.15, 0.2) is 29.9 Å². The molecule has 10 heteroatoms. The van der Waals surface area contributed by atoms with Crippen molar-refractivity contribution < 1.29 is 27.7 Å². The zero-order valence-electron chi connectivity index (χ0n) is 16.1. The first kappa shape index (κ1) is 22.4. The van der Waals surface area contributed by atoms with Gasteiger partial charge in [-0.15, -0.1) is 0 Å². The van der Waals surface area contributed by atoms with Gasteiger partial charge in [-0.05, 0) is 30.0 Å². The van der Waals surface area contributed by atoms with Gasteiger partial charge in [-0.1, -0.05) is 19.9 Å². The molecular weight excluding hydrogens is 391 g/mol. The van der Waals surface area contributed by atoms with Gasteiger partial charge in [0.1, 0.15) is 6.04 Å². The maximum atomic E-state index is 14.0. The Morgan fingerprint density at radius 2 is 1.90 bits per heavy atom. The number of carbonyl (C=O) groups excluding carboxylic acids is 2. The molecule has 1 aliphatic rings. The molecule has 2 atom stereocenters. The van der Waals surface area contributed by atoms with Crippen molar-refractivity contribution in [1.82, 2.24) is 10.2 Å². The highest BCUT2D eigenvalue weighted by atomic mass is 19.3. The van der Waals surface area contributed by atoms with Crippen LogP contribution in [0.2, 0.25) is 0 Å². The van der Waals surface area contributed by atoms with E-state index in [-0.39, 0.29) is 37.9 Å². The molecule has 1 saturated heterocycles. The smallest absolute Gasteiger partial charge is 0.304 e. The minimum absolute atomic E-state index is 0.00804. The molecule has 0 saturated carbocycles. The summed E-state index contributed by atoms with van der Waals surface area (Å²) in [5, 5.41) is 13.4. The standard InChI is InChI=1S/C19H22F3N3O4/c1-3-16(26)23-17(19(27)24-8-6-12(7-9-24)18(21)22)11(2)13-4-5-15(25(28)29)14(20)10-13/h4-5,10-11,17H,3,6-9H2,1-2H3,(H,23,26)/t11-,17+/m0/s1. The second-order valence-corrected chi connectivity index (χ2v) is 6.84. The lowest BCUT2D eigenvalue weighted by molar-refractivity contribution is -0.387. The predicted molar refractivity (Wildman–Crippen MR) is 98.7 cm³/mol. The van der Waals surface area contributed by atoms with Crippen LogP contribution in [0.25, 0.3) is 0 Å². The summed E-state index contributed by atoms with van der Waals surface area (Å²) in [7, 11) is 0. The number of nitro groups is 1. The molecule has 2 amide bonds. The number of halogens is 3. The lowest BCUT2D eigenvalue weighted by Gasteiger charge is -2.34. The molecule has 0 unspecified atom stereocenters. The monoisotopic (exact) mass is 413 g/mol. The van der Waals surface area contributed by atoms with Crippen molar-refractivity contribution in [2.45, 2.75) is 45.1 Å². The number of piperidine rings is 1. The second-order valence-electron chi connectivity index (χ2n) is 6.84. The molecule has 1 N–H and O–H groups in total. The highest BCUT2D eigenvalue weighted by Gasteiger charge is 2.33. The Balaban J connectivity index is 2.26. The number of benzene rings is 1. The molecule has 1 aromatic carbocycles. The third-order valence-corrected chi connectivity index (χ3v) is 5.04. The Kier molecular flexibility index (Phi) is 7.35. The minimum atomic E-state index is -1.73. The van der Waals surface area contributed by atoms with E-state index >= 15 is 0 Å². The third kappa shape index (κ3) is 5.33. The normalized spacial score (nSPS) is 16.2. The van der Waals surface area contributed by atoms with Crippen LogP contribution in [-0.2, 0) is 9.59 Å². The molecule has 7 nitrogen and oxygen atoms in total. The van der Waals surface area contributed by atoms with E-state index in [2.05, 4.69) is 5.32 Å². The van der Waals surface area contributed by atoms with Gasteiger partial charge >= 0.3 is 5.69 Å². The molecular formula is C19H22F3N3O4. The van der Waals surface area contributed by atoms with Crippen LogP contribution in [0.3, 0.4) is 0 Å². The molecule has 1 fully saturated rings. The van der Waals surface area contributed by atoms with Crippen molar-refractivity contribution in [2.75, 3.05) is 13.1 Å². The Morgan fingerprint density at radius 3 is 2.38 bits per heavy atom. The number of likely N-dealkylation sites (tertiary alicyclic amines) is 1. The van der Waals surface area contributed by atoms with Crippen molar-refractivity contribution in [1.29, 1.82) is 0 Å². The number of nitrogens with zero attached hydrogens (tertiary/aromatic N) is 2. The Bertz CT molecular complexity index is 830. The number of carbonyl (C=O) groups is 2. The number of nitro benzene ring substituents is 1. The predicted octanol–water partition coefficient (Wildman–Crippen LogP) is 3.51. The van der Waals surface area contributed by atoms with Gasteiger partial charge < -0.3 is 10.2 Å². The summed E-state index contributed by atoms with van der Waals surface area (Å²) >= 11 is 0. The highest BCUT2D eigenvalue weighted by Crippen LogP contribution is 2.28. The topological polar surface area (TPSA) is 92.6 Å². The van der Waals surface area contributed by atoms with E-state index in [0.717, 1.165) is 12.1 Å².